The zero-order valence-electron chi connectivity index (χ0n) is 22.5. The van der Waals surface area contributed by atoms with Gasteiger partial charge < -0.3 is 20.2 Å². The van der Waals surface area contributed by atoms with Crippen LogP contribution < -0.4 is 5.32 Å². The quantitative estimate of drug-likeness (QED) is 0.397. The Labute approximate surface area is 231 Å². The number of aromatic nitrogens is 3. The molecule has 2 aromatic carbocycles. The molecular weight excluding hydrogens is 511 g/mol. The molecule has 2 aliphatic heterocycles. The predicted octanol–water partition coefficient (Wildman–Crippen LogP) is 4.46. The number of carbonyl (C=O) groups excluding carboxylic acids is 2. The summed E-state index contributed by atoms with van der Waals surface area (Å²) in [5.74, 6) is -0.691. The summed E-state index contributed by atoms with van der Waals surface area (Å²) in [6, 6.07) is 14.0. The fraction of sp³-hybridized carbons (Fsp3) is 0.333. The lowest BCUT2D eigenvalue weighted by atomic mass is 9.93. The number of anilines is 1. The maximum Gasteiger partial charge on any atom is 0.321 e. The number of aryl methyl sites for hydroxylation is 1. The second kappa shape index (κ2) is 10.3. The van der Waals surface area contributed by atoms with Gasteiger partial charge in [-0.1, -0.05) is 31.2 Å². The average molecular weight is 543 g/mol. The second-order valence-corrected chi connectivity index (χ2v) is 10.4. The van der Waals surface area contributed by atoms with E-state index in [1.807, 2.05) is 30.9 Å². The lowest BCUT2D eigenvalue weighted by molar-refractivity contribution is 0.0670. The van der Waals surface area contributed by atoms with Gasteiger partial charge in [0.05, 0.1) is 24.0 Å². The molecule has 2 N–H and O–H groups in total. The first kappa shape index (κ1) is 25.9. The molecular formula is C30H31FN6O3. The van der Waals surface area contributed by atoms with E-state index in [1.165, 1.54) is 16.5 Å². The Kier molecular flexibility index (Phi) is 6.71. The maximum absolute atomic E-state index is 15.2. The third-order valence-corrected chi connectivity index (χ3v) is 7.90. The monoisotopic (exact) mass is 542 g/mol. The van der Waals surface area contributed by atoms with Crippen LogP contribution in [0.4, 0.5) is 14.9 Å². The van der Waals surface area contributed by atoms with Gasteiger partial charge in [0.15, 0.2) is 5.65 Å². The lowest BCUT2D eigenvalue weighted by Crippen LogP contribution is -2.39. The predicted molar refractivity (Wildman–Crippen MR) is 149 cm³/mol. The van der Waals surface area contributed by atoms with Crippen molar-refractivity contribution in [1.29, 1.82) is 0 Å². The molecule has 2 atom stereocenters. The first-order valence-corrected chi connectivity index (χ1v) is 13.6. The fourth-order valence-corrected chi connectivity index (χ4v) is 5.66. The summed E-state index contributed by atoms with van der Waals surface area (Å²) in [7, 11) is 0. The SMILES string of the molecule is CCc1cc(C(=O)N2CCc3ccccc3[C@H]2C)nn2cc(-c3ccc(NC(=O)N4CCC(O)C4)cc3F)nc12. The first-order valence-electron chi connectivity index (χ1n) is 13.6. The van der Waals surface area contributed by atoms with Crippen molar-refractivity contribution in [3.05, 3.63) is 82.9 Å². The van der Waals surface area contributed by atoms with Crippen molar-refractivity contribution in [1.82, 2.24) is 24.4 Å². The van der Waals surface area contributed by atoms with Crippen molar-refractivity contribution in [3.63, 3.8) is 0 Å². The third-order valence-electron chi connectivity index (χ3n) is 7.90. The standard InChI is InChI=1S/C30H31FN6O3/c1-3-19-14-26(29(39)36-13-10-20-6-4-5-7-23(20)18(36)2)34-37-17-27(33-28(19)37)24-9-8-21(15-25(24)31)32-30(40)35-12-11-22(38)16-35/h4-9,14-15,17-18,22,38H,3,10-13,16H2,1-2H3,(H,32,40)/t18-,22?/m1/s1. The van der Waals surface area contributed by atoms with Crippen LogP contribution in [0.1, 0.15) is 53.5 Å². The number of urea groups is 1. The number of rotatable bonds is 4. The number of aliphatic hydroxyl groups excluding tert-OH is 1. The van der Waals surface area contributed by atoms with Crippen molar-refractivity contribution < 1.29 is 19.1 Å². The van der Waals surface area contributed by atoms with Crippen LogP contribution in [-0.4, -0.2) is 67.2 Å². The van der Waals surface area contributed by atoms with Gasteiger partial charge in [0, 0.05) is 30.9 Å². The third kappa shape index (κ3) is 4.68. The molecule has 40 heavy (non-hydrogen) atoms. The summed E-state index contributed by atoms with van der Waals surface area (Å²) >= 11 is 0. The van der Waals surface area contributed by atoms with Gasteiger partial charge >= 0.3 is 6.03 Å². The Morgan fingerprint density at radius 1 is 1.15 bits per heavy atom. The van der Waals surface area contributed by atoms with E-state index in [4.69, 9.17) is 0 Å². The molecule has 206 valence electrons. The fourth-order valence-electron chi connectivity index (χ4n) is 5.66. The Hall–Kier alpha value is -4.31. The summed E-state index contributed by atoms with van der Waals surface area (Å²) in [5, 5.41) is 16.9. The molecule has 4 aromatic rings. The summed E-state index contributed by atoms with van der Waals surface area (Å²) in [6.45, 7) is 5.34. The molecule has 1 saturated heterocycles. The molecule has 9 nitrogen and oxygen atoms in total. The van der Waals surface area contributed by atoms with E-state index in [0.717, 1.165) is 17.5 Å². The highest BCUT2D eigenvalue weighted by atomic mass is 19.1. The molecule has 10 heteroatoms. The Balaban J connectivity index is 1.26. The average Bonchev–Trinajstić information content (AvgIpc) is 3.59. The molecule has 1 unspecified atom stereocenters. The second-order valence-electron chi connectivity index (χ2n) is 10.4. The highest BCUT2D eigenvalue weighted by Gasteiger charge is 2.30. The number of benzene rings is 2. The number of nitrogens with one attached hydrogen (secondary N) is 1. The van der Waals surface area contributed by atoms with Gasteiger partial charge in [-0.15, -0.1) is 0 Å². The summed E-state index contributed by atoms with van der Waals surface area (Å²) < 4.78 is 16.8. The number of amides is 3. The molecule has 3 amide bonds. The molecule has 0 spiro atoms. The van der Waals surface area contributed by atoms with Crippen LogP contribution in [0.5, 0.6) is 0 Å². The van der Waals surface area contributed by atoms with Gasteiger partial charge in [-0.05, 0) is 67.1 Å². The summed E-state index contributed by atoms with van der Waals surface area (Å²) in [5.41, 5.74) is 5.10. The Bertz CT molecular complexity index is 1620. The van der Waals surface area contributed by atoms with Gasteiger partial charge in [-0.2, -0.15) is 5.10 Å². The zero-order chi connectivity index (χ0) is 28.0. The minimum atomic E-state index is -0.544. The van der Waals surface area contributed by atoms with Crippen molar-refractivity contribution in [2.45, 2.75) is 45.3 Å². The molecule has 2 aromatic heterocycles. The van der Waals surface area contributed by atoms with Crippen molar-refractivity contribution in [3.8, 4) is 11.3 Å². The molecule has 4 heterocycles. The van der Waals surface area contributed by atoms with Gasteiger partial charge in [0.25, 0.3) is 5.91 Å². The van der Waals surface area contributed by atoms with E-state index in [9.17, 15) is 14.7 Å². The summed E-state index contributed by atoms with van der Waals surface area (Å²) in [4.78, 5) is 34.0. The first-order chi connectivity index (χ1) is 19.3. The number of aliphatic hydroxyl groups is 1. The minimum absolute atomic E-state index is 0.0676. The minimum Gasteiger partial charge on any atom is -0.391 e. The number of imidazole rings is 1. The van der Waals surface area contributed by atoms with Gasteiger partial charge in [0.1, 0.15) is 11.5 Å². The van der Waals surface area contributed by atoms with E-state index in [2.05, 4.69) is 27.5 Å². The number of halogens is 1. The van der Waals surface area contributed by atoms with E-state index >= 15 is 4.39 Å². The van der Waals surface area contributed by atoms with Gasteiger partial charge in [0.2, 0.25) is 0 Å². The number of β-amino-alcohol motifs (C(OH)–C–C–N with tert-alkyl or cyclic N) is 1. The molecule has 6 rings (SSSR count). The number of carbonyl (C=O) groups is 2. The number of likely N-dealkylation sites (tertiary alicyclic amines) is 1. The van der Waals surface area contributed by atoms with E-state index in [0.29, 0.717) is 48.7 Å². The Morgan fingerprint density at radius 3 is 2.73 bits per heavy atom. The van der Waals surface area contributed by atoms with Crippen molar-refractivity contribution in [2.24, 2.45) is 0 Å². The van der Waals surface area contributed by atoms with Crippen LogP contribution >= 0.6 is 0 Å². The van der Waals surface area contributed by atoms with Gasteiger partial charge in [-0.3, -0.25) is 4.79 Å². The topological polar surface area (TPSA) is 103 Å². The number of hydrogen-bond donors (Lipinski definition) is 2. The van der Waals surface area contributed by atoms with Crippen LogP contribution in [-0.2, 0) is 12.8 Å². The largest absolute Gasteiger partial charge is 0.391 e. The number of fused-ring (bicyclic) bond motifs is 2. The molecule has 1 fully saturated rings. The highest BCUT2D eigenvalue weighted by molar-refractivity contribution is 5.93. The summed E-state index contributed by atoms with van der Waals surface area (Å²) in [6.07, 6.45) is 3.04. The van der Waals surface area contributed by atoms with Gasteiger partial charge in [-0.25, -0.2) is 18.7 Å². The Morgan fingerprint density at radius 2 is 1.98 bits per heavy atom. The maximum atomic E-state index is 15.2. The van der Waals surface area contributed by atoms with E-state index < -0.39 is 11.9 Å². The number of hydrogen-bond acceptors (Lipinski definition) is 5. The zero-order valence-corrected chi connectivity index (χ0v) is 22.5. The van der Waals surface area contributed by atoms with Crippen molar-refractivity contribution in [2.75, 3.05) is 25.0 Å². The van der Waals surface area contributed by atoms with Crippen LogP contribution in [0, 0.1) is 5.82 Å². The lowest BCUT2D eigenvalue weighted by Gasteiger charge is -2.35. The van der Waals surface area contributed by atoms with Crippen LogP contribution in [0.3, 0.4) is 0 Å². The molecule has 2 aliphatic rings. The van der Waals surface area contributed by atoms with E-state index in [-0.39, 0.29) is 30.1 Å². The number of nitrogens with zero attached hydrogens (tertiary/aromatic N) is 5. The van der Waals surface area contributed by atoms with Crippen LogP contribution in [0.25, 0.3) is 16.9 Å². The van der Waals surface area contributed by atoms with Crippen LogP contribution in [0.2, 0.25) is 0 Å². The van der Waals surface area contributed by atoms with E-state index in [1.54, 1.807) is 28.9 Å². The molecule has 0 saturated carbocycles. The normalized spacial score (nSPS) is 18.7. The highest BCUT2D eigenvalue weighted by Crippen LogP contribution is 2.31. The molecule has 0 radical (unpaired) electrons. The van der Waals surface area contributed by atoms with Crippen LogP contribution in [0.15, 0.2) is 54.7 Å². The molecule has 0 bridgehead atoms. The molecule has 0 aliphatic carbocycles. The van der Waals surface area contributed by atoms with Crippen molar-refractivity contribution >= 4 is 23.3 Å². The smallest absolute Gasteiger partial charge is 0.321 e.